The molecule has 0 saturated heterocycles. The SMILES string of the molecule is CC(C)OCCc1ccc(C(F)(F)F)cc1. The molecule has 1 rings (SSSR count). The van der Waals surface area contributed by atoms with Crippen molar-refractivity contribution in [1.82, 2.24) is 0 Å². The average molecular weight is 232 g/mol. The third-order valence-electron chi connectivity index (χ3n) is 2.12. The Bertz CT molecular complexity index is 314. The predicted molar refractivity (Wildman–Crippen MR) is 56.2 cm³/mol. The van der Waals surface area contributed by atoms with E-state index >= 15 is 0 Å². The molecule has 0 amide bonds. The monoisotopic (exact) mass is 232 g/mol. The first-order valence-corrected chi connectivity index (χ1v) is 5.17. The van der Waals surface area contributed by atoms with Crippen LogP contribution in [0.3, 0.4) is 0 Å². The molecular formula is C12H15F3O. The molecule has 16 heavy (non-hydrogen) atoms. The molecule has 1 nitrogen and oxygen atoms in total. The summed E-state index contributed by atoms with van der Waals surface area (Å²) in [5, 5.41) is 0. The second-order valence-corrected chi connectivity index (χ2v) is 3.86. The van der Waals surface area contributed by atoms with E-state index in [-0.39, 0.29) is 6.10 Å². The maximum absolute atomic E-state index is 12.3. The number of benzene rings is 1. The van der Waals surface area contributed by atoms with Gasteiger partial charge in [-0.1, -0.05) is 12.1 Å². The van der Waals surface area contributed by atoms with Crippen molar-refractivity contribution in [3.8, 4) is 0 Å². The Morgan fingerprint density at radius 2 is 1.69 bits per heavy atom. The van der Waals surface area contributed by atoms with Gasteiger partial charge in [0.25, 0.3) is 0 Å². The van der Waals surface area contributed by atoms with Gasteiger partial charge in [-0.3, -0.25) is 0 Å². The molecule has 0 aliphatic carbocycles. The summed E-state index contributed by atoms with van der Waals surface area (Å²) in [5.74, 6) is 0. The van der Waals surface area contributed by atoms with Crippen molar-refractivity contribution in [2.75, 3.05) is 6.61 Å². The van der Waals surface area contributed by atoms with Gasteiger partial charge in [0.15, 0.2) is 0 Å². The zero-order chi connectivity index (χ0) is 12.2. The molecule has 1 aromatic carbocycles. The Morgan fingerprint density at radius 1 is 1.12 bits per heavy atom. The first-order chi connectivity index (χ1) is 7.39. The van der Waals surface area contributed by atoms with Crippen molar-refractivity contribution in [3.05, 3.63) is 35.4 Å². The molecule has 0 saturated carbocycles. The van der Waals surface area contributed by atoms with E-state index in [4.69, 9.17) is 4.74 Å². The molecule has 0 heterocycles. The maximum atomic E-state index is 12.3. The van der Waals surface area contributed by atoms with Crippen LogP contribution in [0.5, 0.6) is 0 Å². The van der Waals surface area contributed by atoms with Gasteiger partial charge in [0.2, 0.25) is 0 Å². The quantitative estimate of drug-likeness (QED) is 0.769. The van der Waals surface area contributed by atoms with Crippen LogP contribution in [0.1, 0.15) is 25.0 Å². The zero-order valence-electron chi connectivity index (χ0n) is 9.34. The fourth-order valence-electron chi connectivity index (χ4n) is 1.27. The van der Waals surface area contributed by atoms with Crippen LogP contribution in [-0.2, 0) is 17.3 Å². The van der Waals surface area contributed by atoms with Gasteiger partial charge in [-0.15, -0.1) is 0 Å². The lowest BCUT2D eigenvalue weighted by molar-refractivity contribution is -0.137. The summed E-state index contributed by atoms with van der Waals surface area (Å²) < 4.78 is 42.1. The second-order valence-electron chi connectivity index (χ2n) is 3.86. The van der Waals surface area contributed by atoms with E-state index in [1.807, 2.05) is 13.8 Å². The van der Waals surface area contributed by atoms with Gasteiger partial charge in [0.05, 0.1) is 18.3 Å². The van der Waals surface area contributed by atoms with Gasteiger partial charge in [0.1, 0.15) is 0 Å². The van der Waals surface area contributed by atoms with Crippen LogP contribution in [0.4, 0.5) is 13.2 Å². The molecule has 0 N–H and O–H groups in total. The Balaban J connectivity index is 2.52. The van der Waals surface area contributed by atoms with Gasteiger partial charge < -0.3 is 4.74 Å². The smallest absolute Gasteiger partial charge is 0.378 e. The third kappa shape index (κ3) is 4.23. The zero-order valence-corrected chi connectivity index (χ0v) is 9.34. The minimum atomic E-state index is -4.26. The molecule has 0 atom stereocenters. The molecule has 0 aromatic heterocycles. The van der Waals surface area contributed by atoms with Crippen molar-refractivity contribution in [2.24, 2.45) is 0 Å². The molecule has 0 aliphatic heterocycles. The van der Waals surface area contributed by atoms with Crippen LogP contribution in [-0.4, -0.2) is 12.7 Å². The summed E-state index contributed by atoms with van der Waals surface area (Å²) in [6.07, 6.45) is -3.47. The van der Waals surface area contributed by atoms with Crippen molar-refractivity contribution < 1.29 is 17.9 Å². The summed E-state index contributed by atoms with van der Waals surface area (Å²) in [6.45, 7) is 4.38. The Kier molecular flexibility index (Phi) is 4.35. The largest absolute Gasteiger partial charge is 0.416 e. The van der Waals surface area contributed by atoms with Crippen LogP contribution >= 0.6 is 0 Å². The molecule has 1 aromatic rings. The van der Waals surface area contributed by atoms with E-state index < -0.39 is 11.7 Å². The van der Waals surface area contributed by atoms with Crippen LogP contribution in [0.15, 0.2) is 24.3 Å². The summed E-state index contributed by atoms with van der Waals surface area (Å²) >= 11 is 0. The van der Waals surface area contributed by atoms with Crippen molar-refractivity contribution in [2.45, 2.75) is 32.5 Å². The maximum Gasteiger partial charge on any atom is 0.416 e. The van der Waals surface area contributed by atoms with E-state index in [1.54, 1.807) is 0 Å². The molecule has 4 heteroatoms. The summed E-state index contributed by atoms with van der Waals surface area (Å²) in [6, 6.07) is 5.19. The number of ether oxygens (including phenoxy) is 1. The normalized spacial score (nSPS) is 12.1. The fraction of sp³-hybridized carbons (Fsp3) is 0.500. The molecular weight excluding hydrogens is 217 g/mol. The summed E-state index contributed by atoms with van der Waals surface area (Å²) in [4.78, 5) is 0. The number of hydrogen-bond donors (Lipinski definition) is 0. The molecule has 0 bridgehead atoms. The van der Waals surface area contributed by atoms with Gasteiger partial charge >= 0.3 is 6.18 Å². The minimum absolute atomic E-state index is 0.148. The van der Waals surface area contributed by atoms with E-state index in [9.17, 15) is 13.2 Å². The predicted octanol–water partition coefficient (Wildman–Crippen LogP) is 3.67. The first kappa shape index (κ1) is 13.0. The Morgan fingerprint density at radius 3 is 2.12 bits per heavy atom. The lowest BCUT2D eigenvalue weighted by Crippen LogP contribution is -2.07. The standard InChI is InChI=1S/C12H15F3O/c1-9(2)16-8-7-10-3-5-11(6-4-10)12(13,14)15/h3-6,9H,7-8H2,1-2H3. The highest BCUT2D eigenvalue weighted by atomic mass is 19.4. The highest BCUT2D eigenvalue weighted by Crippen LogP contribution is 2.29. The topological polar surface area (TPSA) is 9.23 Å². The van der Waals surface area contributed by atoms with E-state index in [0.717, 1.165) is 17.7 Å². The molecule has 0 fully saturated rings. The van der Waals surface area contributed by atoms with Gasteiger partial charge in [-0.2, -0.15) is 13.2 Å². The first-order valence-electron chi connectivity index (χ1n) is 5.17. The van der Waals surface area contributed by atoms with Crippen LogP contribution in [0.25, 0.3) is 0 Å². The van der Waals surface area contributed by atoms with Crippen molar-refractivity contribution in [1.29, 1.82) is 0 Å². The van der Waals surface area contributed by atoms with Crippen LogP contribution in [0.2, 0.25) is 0 Å². The van der Waals surface area contributed by atoms with E-state index in [1.165, 1.54) is 12.1 Å². The van der Waals surface area contributed by atoms with Gasteiger partial charge in [-0.05, 0) is 38.0 Å². The van der Waals surface area contributed by atoms with Crippen molar-refractivity contribution in [3.63, 3.8) is 0 Å². The number of hydrogen-bond acceptors (Lipinski definition) is 1. The molecule has 0 spiro atoms. The van der Waals surface area contributed by atoms with E-state index in [0.29, 0.717) is 13.0 Å². The fourth-order valence-corrected chi connectivity index (χ4v) is 1.27. The Hall–Kier alpha value is -1.03. The number of alkyl halides is 3. The number of halogens is 3. The molecule has 0 radical (unpaired) electrons. The molecule has 90 valence electrons. The summed E-state index contributed by atoms with van der Waals surface area (Å²) in [5.41, 5.74) is 0.245. The minimum Gasteiger partial charge on any atom is -0.378 e. The lowest BCUT2D eigenvalue weighted by atomic mass is 10.1. The second kappa shape index (κ2) is 5.34. The molecule has 0 aliphatic rings. The highest BCUT2D eigenvalue weighted by molar-refractivity contribution is 5.24. The lowest BCUT2D eigenvalue weighted by Gasteiger charge is -2.09. The molecule has 0 unspecified atom stereocenters. The van der Waals surface area contributed by atoms with E-state index in [2.05, 4.69) is 0 Å². The van der Waals surface area contributed by atoms with Gasteiger partial charge in [-0.25, -0.2) is 0 Å². The summed E-state index contributed by atoms with van der Waals surface area (Å²) in [7, 11) is 0. The van der Waals surface area contributed by atoms with Gasteiger partial charge in [0, 0.05) is 0 Å². The third-order valence-corrected chi connectivity index (χ3v) is 2.12. The number of rotatable bonds is 4. The van der Waals surface area contributed by atoms with Crippen LogP contribution < -0.4 is 0 Å². The van der Waals surface area contributed by atoms with Crippen LogP contribution in [0, 0.1) is 0 Å². The highest BCUT2D eigenvalue weighted by Gasteiger charge is 2.29. The van der Waals surface area contributed by atoms with Crippen molar-refractivity contribution >= 4 is 0 Å². The Labute approximate surface area is 93.2 Å². The average Bonchev–Trinajstić information content (AvgIpc) is 2.16.